The summed E-state index contributed by atoms with van der Waals surface area (Å²) in [6, 6.07) is 32.8. The number of hydrogen-bond donors (Lipinski definition) is 1. The van der Waals surface area contributed by atoms with Crippen LogP contribution in [-0.4, -0.2) is 8.24 Å². The summed E-state index contributed by atoms with van der Waals surface area (Å²) in [5.41, 5.74) is 1.18. The smallest absolute Gasteiger partial charge is 0.232 e. The minimum absolute atomic E-state index is 0.0639. The average Bonchev–Trinajstić information content (AvgIpc) is 3.26. The molecule has 0 radical (unpaired) electrons. The molecule has 0 heterocycles. The maximum atomic E-state index is 4.13. The molecule has 0 saturated carbocycles. The van der Waals surface area contributed by atoms with E-state index in [0.717, 1.165) is 0 Å². The summed E-state index contributed by atoms with van der Waals surface area (Å²) in [6.45, 7) is 4.70. The third-order valence-electron chi connectivity index (χ3n) is 5.98. The molecule has 0 fully saturated rings. The lowest BCUT2D eigenvalue weighted by atomic mass is 9.96. The Morgan fingerprint density at radius 3 is 1.50 bits per heavy atom. The first-order valence-corrected chi connectivity index (χ1v) is 12.0. The molecule has 1 aliphatic rings. The highest BCUT2D eigenvalue weighted by Gasteiger charge is 2.56. The monoisotopic (exact) mass is 381 g/mol. The second kappa shape index (κ2) is 7.65. The second-order valence-electron chi connectivity index (χ2n) is 7.78. The van der Waals surface area contributed by atoms with Gasteiger partial charge in [-0.3, -0.25) is 0 Å². The van der Waals surface area contributed by atoms with E-state index in [4.69, 9.17) is 0 Å². The topological polar surface area (TPSA) is 12.0 Å². The summed E-state index contributed by atoms with van der Waals surface area (Å²) in [6.07, 6.45) is 9.31. The maximum Gasteiger partial charge on any atom is 0.232 e. The highest BCUT2D eigenvalue weighted by Crippen LogP contribution is 2.50. The Labute approximate surface area is 169 Å². The summed E-state index contributed by atoms with van der Waals surface area (Å²) >= 11 is 0. The van der Waals surface area contributed by atoms with E-state index in [1.165, 1.54) is 16.1 Å². The molecule has 0 aliphatic heterocycles. The first-order chi connectivity index (χ1) is 13.7. The molecule has 2 heteroatoms. The Morgan fingerprint density at radius 2 is 1.07 bits per heavy atom. The van der Waals surface area contributed by atoms with Crippen molar-refractivity contribution in [3.63, 3.8) is 0 Å². The number of benzene rings is 3. The summed E-state index contributed by atoms with van der Waals surface area (Å²) in [4.78, 5) is 4.13. The molecule has 28 heavy (non-hydrogen) atoms. The normalized spacial score (nSPS) is 15.1. The van der Waals surface area contributed by atoms with Crippen molar-refractivity contribution in [1.82, 2.24) is 0 Å². The number of allylic oxidation sites excluding steroid dienone is 4. The Morgan fingerprint density at radius 1 is 0.643 bits per heavy atom. The van der Waals surface area contributed by atoms with Crippen LogP contribution in [0.15, 0.2) is 115 Å². The predicted molar refractivity (Wildman–Crippen MR) is 124 cm³/mol. The van der Waals surface area contributed by atoms with E-state index in [-0.39, 0.29) is 5.04 Å². The number of anilines is 1. The molecule has 0 bridgehead atoms. The van der Waals surface area contributed by atoms with Crippen molar-refractivity contribution in [3.8, 4) is 0 Å². The fourth-order valence-corrected chi connectivity index (χ4v) is 9.97. The summed E-state index contributed by atoms with van der Waals surface area (Å²) in [7, 11) is -2.49. The van der Waals surface area contributed by atoms with Crippen molar-refractivity contribution in [3.05, 3.63) is 115 Å². The fourth-order valence-electron chi connectivity index (χ4n) is 4.59. The second-order valence-corrected chi connectivity index (χ2v) is 11.5. The van der Waals surface area contributed by atoms with Crippen molar-refractivity contribution < 1.29 is 0 Å². The lowest BCUT2D eigenvalue weighted by Crippen LogP contribution is -2.72. The van der Waals surface area contributed by atoms with Gasteiger partial charge in [0.25, 0.3) is 0 Å². The molecule has 140 valence electrons. The fraction of sp³-hybridized carbons (Fsp3) is 0.154. The van der Waals surface area contributed by atoms with Gasteiger partial charge in [0.15, 0.2) is 0 Å². The molecular weight excluding hydrogens is 354 g/mol. The van der Waals surface area contributed by atoms with Gasteiger partial charge in [-0.05, 0) is 28.4 Å². The van der Waals surface area contributed by atoms with E-state index in [0.29, 0.717) is 5.92 Å². The Balaban J connectivity index is 2.06. The molecule has 4 rings (SSSR count). The van der Waals surface area contributed by atoms with E-state index in [1.807, 2.05) is 0 Å². The van der Waals surface area contributed by atoms with Crippen molar-refractivity contribution in [1.29, 1.82) is 0 Å². The maximum absolute atomic E-state index is 4.13. The van der Waals surface area contributed by atoms with Crippen LogP contribution in [0.2, 0.25) is 5.04 Å². The lowest BCUT2D eigenvalue weighted by Gasteiger charge is -2.49. The molecule has 1 nitrogen and oxygen atoms in total. The summed E-state index contributed by atoms with van der Waals surface area (Å²) in [5.74, 6) is 0.450. The SMILES string of the molecule is CC(C)C1([Si](Nc2ccccc2)(c2ccccc2)c2ccccc2)C=CC=C1. The van der Waals surface area contributed by atoms with Gasteiger partial charge in [0.1, 0.15) is 0 Å². The molecule has 3 aromatic carbocycles. The molecule has 1 aliphatic carbocycles. The third-order valence-corrected chi connectivity index (χ3v) is 11.3. The zero-order valence-electron chi connectivity index (χ0n) is 16.5. The third kappa shape index (κ3) is 2.94. The molecule has 0 saturated heterocycles. The van der Waals surface area contributed by atoms with Crippen LogP contribution in [0.25, 0.3) is 0 Å². The minimum Gasteiger partial charge on any atom is -0.403 e. The van der Waals surface area contributed by atoms with Gasteiger partial charge in [0.2, 0.25) is 8.24 Å². The quantitative estimate of drug-likeness (QED) is 0.565. The van der Waals surface area contributed by atoms with Gasteiger partial charge in [-0.25, -0.2) is 0 Å². The first kappa shape index (κ1) is 18.5. The van der Waals surface area contributed by atoms with Crippen LogP contribution in [0.5, 0.6) is 0 Å². The number of nitrogens with one attached hydrogen (secondary N) is 1. The standard InChI is InChI=1S/C26H27NSi/c1-22(2)26(20-12-13-21-26)28(24-16-8-4-9-17-24,25-18-10-5-11-19-25)27-23-14-6-3-7-15-23/h3-22,27H,1-2H3. The Hall–Kier alpha value is -2.84. The molecule has 3 aromatic rings. The van der Waals surface area contributed by atoms with Crippen molar-refractivity contribution >= 4 is 24.3 Å². The van der Waals surface area contributed by atoms with Gasteiger partial charge >= 0.3 is 0 Å². The van der Waals surface area contributed by atoms with Crippen LogP contribution in [0.1, 0.15) is 13.8 Å². The molecule has 0 amide bonds. The lowest BCUT2D eigenvalue weighted by molar-refractivity contribution is 0.559. The molecule has 0 unspecified atom stereocenters. The summed E-state index contributed by atoms with van der Waals surface area (Å²) in [5, 5.41) is 2.73. The van der Waals surface area contributed by atoms with Gasteiger partial charge < -0.3 is 4.98 Å². The largest absolute Gasteiger partial charge is 0.403 e. The van der Waals surface area contributed by atoms with Gasteiger partial charge in [0, 0.05) is 10.7 Å². The number of rotatable bonds is 6. The van der Waals surface area contributed by atoms with Gasteiger partial charge in [-0.1, -0.05) is 117 Å². The first-order valence-electron chi connectivity index (χ1n) is 10.0. The van der Waals surface area contributed by atoms with Crippen molar-refractivity contribution in [2.75, 3.05) is 4.98 Å². The molecule has 0 spiro atoms. The average molecular weight is 382 g/mol. The van der Waals surface area contributed by atoms with Crippen LogP contribution in [0.4, 0.5) is 5.69 Å². The number of para-hydroxylation sites is 1. The highest BCUT2D eigenvalue weighted by atomic mass is 28.3. The van der Waals surface area contributed by atoms with E-state index in [1.54, 1.807) is 0 Å². The van der Waals surface area contributed by atoms with Crippen molar-refractivity contribution in [2.45, 2.75) is 18.9 Å². The van der Waals surface area contributed by atoms with Crippen molar-refractivity contribution in [2.24, 2.45) is 5.92 Å². The zero-order chi connectivity index (χ0) is 19.5. The molecule has 0 atom stereocenters. The predicted octanol–water partition coefficient (Wildman–Crippen LogP) is 5.38. The Kier molecular flexibility index (Phi) is 5.06. The van der Waals surface area contributed by atoms with Crippen LogP contribution in [0.3, 0.4) is 0 Å². The van der Waals surface area contributed by atoms with Gasteiger partial charge in [-0.15, -0.1) is 0 Å². The zero-order valence-corrected chi connectivity index (χ0v) is 17.5. The van der Waals surface area contributed by atoms with E-state index >= 15 is 0 Å². The molecule has 1 N–H and O–H groups in total. The van der Waals surface area contributed by atoms with Crippen LogP contribution >= 0.6 is 0 Å². The number of hydrogen-bond acceptors (Lipinski definition) is 1. The van der Waals surface area contributed by atoms with Gasteiger partial charge in [0.05, 0.1) is 0 Å². The highest BCUT2D eigenvalue weighted by molar-refractivity contribution is 7.07. The van der Waals surface area contributed by atoms with Crippen LogP contribution < -0.4 is 15.4 Å². The summed E-state index contributed by atoms with van der Waals surface area (Å²) < 4.78 is 0. The van der Waals surface area contributed by atoms with Crippen LogP contribution in [-0.2, 0) is 0 Å². The van der Waals surface area contributed by atoms with Gasteiger partial charge in [-0.2, -0.15) is 0 Å². The molecule has 0 aromatic heterocycles. The van der Waals surface area contributed by atoms with E-state index in [9.17, 15) is 0 Å². The van der Waals surface area contributed by atoms with Crippen LogP contribution in [0, 0.1) is 5.92 Å². The molecular formula is C26H27NSi. The van der Waals surface area contributed by atoms with E-state index in [2.05, 4.69) is 134 Å². The minimum atomic E-state index is -2.49. The Bertz CT molecular complexity index is 908. The van der Waals surface area contributed by atoms with E-state index < -0.39 is 8.24 Å².